The highest BCUT2D eigenvalue weighted by Crippen LogP contribution is 2.50. The van der Waals surface area contributed by atoms with Gasteiger partial charge in [0.25, 0.3) is 0 Å². The topological polar surface area (TPSA) is 71.9 Å². The van der Waals surface area contributed by atoms with Gasteiger partial charge in [-0.15, -0.1) is 0 Å². The van der Waals surface area contributed by atoms with Crippen molar-refractivity contribution in [3.8, 4) is 5.75 Å². The van der Waals surface area contributed by atoms with Crippen LogP contribution in [-0.4, -0.2) is 27.8 Å². The van der Waals surface area contributed by atoms with E-state index in [4.69, 9.17) is 17.0 Å². The van der Waals surface area contributed by atoms with E-state index in [1.54, 1.807) is 7.11 Å². The van der Waals surface area contributed by atoms with Gasteiger partial charge in [-0.25, -0.2) is 0 Å². The number of methoxy groups -OCH3 is 1. The van der Waals surface area contributed by atoms with Crippen LogP contribution in [0.1, 0.15) is 42.6 Å². The number of carbonyl (C=O) groups excluding carboxylic acids is 1. The van der Waals surface area contributed by atoms with Crippen LogP contribution in [0.2, 0.25) is 0 Å². The number of aromatic amines is 1. The molecule has 1 heterocycles. The number of carbonyl (C=O) groups is 1. The molecule has 1 aromatic carbocycles. The molecule has 0 unspecified atom stereocenters. The fourth-order valence-corrected chi connectivity index (χ4v) is 3.57. The van der Waals surface area contributed by atoms with Crippen LogP contribution in [-0.2, 0) is 11.3 Å². The van der Waals surface area contributed by atoms with Crippen LogP contribution in [0, 0.1) is 10.7 Å². The number of rotatable bonds is 6. The third-order valence-electron chi connectivity index (χ3n) is 4.78. The third kappa shape index (κ3) is 2.84. The molecule has 24 heavy (non-hydrogen) atoms. The zero-order valence-corrected chi connectivity index (χ0v) is 14.3. The predicted molar refractivity (Wildman–Crippen MR) is 91.4 cm³/mol. The Bertz CT molecular complexity index is 824. The van der Waals surface area contributed by atoms with E-state index < -0.39 is 0 Å². The summed E-state index contributed by atoms with van der Waals surface area (Å²) in [5, 5.41) is 10.1. The zero-order chi connectivity index (χ0) is 16.7. The first-order valence-electron chi connectivity index (χ1n) is 8.25. The lowest BCUT2D eigenvalue weighted by molar-refractivity contribution is -0.122. The Morgan fingerprint density at radius 3 is 3.00 bits per heavy atom. The number of benzene rings is 1. The highest BCUT2D eigenvalue weighted by molar-refractivity contribution is 7.71. The molecule has 2 N–H and O–H groups in total. The van der Waals surface area contributed by atoms with Gasteiger partial charge in [-0.2, -0.15) is 5.10 Å². The van der Waals surface area contributed by atoms with Crippen molar-refractivity contribution in [1.82, 2.24) is 20.1 Å². The number of ether oxygens (including phenoxy) is 1. The lowest BCUT2D eigenvalue weighted by Crippen LogP contribution is -2.26. The van der Waals surface area contributed by atoms with Crippen LogP contribution < -0.4 is 10.1 Å². The Labute approximate surface area is 145 Å². The summed E-state index contributed by atoms with van der Waals surface area (Å²) < 4.78 is 8.06. The van der Waals surface area contributed by atoms with E-state index in [9.17, 15) is 4.79 Å². The molecule has 2 aromatic rings. The average Bonchev–Trinajstić information content (AvgIpc) is 3.51. The lowest BCUT2D eigenvalue weighted by Gasteiger charge is -2.09. The number of nitrogens with zero attached hydrogens (tertiary/aromatic N) is 2. The molecule has 1 aromatic heterocycles. The van der Waals surface area contributed by atoms with Crippen LogP contribution in [0.25, 0.3) is 0 Å². The van der Waals surface area contributed by atoms with Gasteiger partial charge in [0.2, 0.25) is 5.91 Å². The van der Waals surface area contributed by atoms with Gasteiger partial charge in [0.1, 0.15) is 5.75 Å². The summed E-state index contributed by atoms with van der Waals surface area (Å²) in [6, 6.07) is 8.36. The second kappa shape index (κ2) is 6.05. The van der Waals surface area contributed by atoms with Crippen molar-refractivity contribution < 1.29 is 9.53 Å². The van der Waals surface area contributed by atoms with Gasteiger partial charge >= 0.3 is 0 Å². The van der Waals surface area contributed by atoms with E-state index in [1.165, 1.54) is 0 Å². The summed E-state index contributed by atoms with van der Waals surface area (Å²) >= 11 is 5.26. The molecule has 4 rings (SSSR count). The zero-order valence-electron chi connectivity index (χ0n) is 13.5. The molecule has 2 saturated carbocycles. The van der Waals surface area contributed by atoms with Crippen molar-refractivity contribution in [3.05, 3.63) is 40.4 Å². The predicted octanol–water partition coefficient (Wildman–Crippen LogP) is 2.70. The van der Waals surface area contributed by atoms with Gasteiger partial charge in [-0.1, -0.05) is 18.2 Å². The summed E-state index contributed by atoms with van der Waals surface area (Å²) in [5.41, 5.74) is 1.11. The van der Waals surface area contributed by atoms with E-state index in [2.05, 4.69) is 15.5 Å². The number of hydrogen-bond donors (Lipinski definition) is 2. The maximum Gasteiger partial charge on any atom is 0.224 e. The van der Waals surface area contributed by atoms with E-state index in [0.717, 1.165) is 36.4 Å². The Morgan fingerprint density at radius 1 is 1.46 bits per heavy atom. The van der Waals surface area contributed by atoms with Crippen molar-refractivity contribution in [2.75, 3.05) is 7.11 Å². The van der Waals surface area contributed by atoms with E-state index in [1.807, 2.05) is 28.8 Å². The Morgan fingerprint density at radius 2 is 2.25 bits per heavy atom. The maximum absolute atomic E-state index is 12.4. The smallest absolute Gasteiger partial charge is 0.224 e. The van der Waals surface area contributed by atoms with Crippen molar-refractivity contribution in [3.63, 3.8) is 0 Å². The molecular formula is C17H20N4O2S. The molecule has 6 nitrogen and oxygen atoms in total. The molecule has 0 radical (unpaired) electrons. The first kappa shape index (κ1) is 15.4. The van der Waals surface area contributed by atoms with Crippen molar-refractivity contribution in [2.24, 2.45) is 5.92 Å². The summed E-state index contributed by atoms with van der Waals surface area (Å²) in [6.07, 6.45) is 3.13. The number of aromatic nitrogens is 3. The highest BCUT2D eigenvalue weighted by atomic mass is 32.1. The SMILES string of the molecule is COc1ccccc1[C@H]1C[C@H]1C(=O)NCc1n[nH]c(=S)n1C1CC1. The number of amides is 1. The molecule has 7 heteroatoms. The van der Waals surface area contributed by atoms with Crippen molar-refractivity contribution in [2.45, 2.75) is 37.8 Å². The fraction of sp³-hybridized carbons (Fsp3) is 0.471. The summed E-state index contributed by atoms with van der Waals surface area (Å²) in [6.45, 7) is 0.414. The minimum Gasteiger partial charge on any atom is -0.496 e. The molecular weight excluding hydrogens is 324 g/mol. The van der Waals surface area contributed by atoms with Crippen LogP contribution in [0.3, 0.4) is 0 Å². The minimum atomic E-state index is 0.0117. The summed E-state index contributed by atoms with van der Waals surface area (Å²) in [5.74, 6) is 1.99. The van der Waals surface area contributed by atoms with Crippen LogP contribution in [0.5, 0.6) is 5.75 Å². The molecule has 2 fully saturated rings. The fourth-order valence-electron chi connectivity index (χ4n) is 3.27. The monoisotopic (exact) mass is 344 g/mol. The van der Waals surface area contributed by atoms with E-state index >= 15 is 0 Å². The largest absolute Gasteiger partial charge is 0.496 e. The second-order valence-corrected chi connectivity index (χ2v) is 6.84. The standard InChI is InChI=1S/C17H20N4O2S/c1-23-14-5-3-2-4-11(14)12-8-13(12)16(22)18-9-15-19-20-17(24)21(15)10-6-7-10/h2-5,10,12-13H,6-9H2,1H3,(H,18,22)(H,20,24)/t12-,13-/m1/s1. The number of nitrogens with one attached hydrogen (secondary N) is 2. The van der Waals surface area contributed by atoms with Gasteiger partial charge in [0.05, 0.1) is 13.7 Å². The van der Waals surface area contributed by atoms with Crippen LogP contribution in [0.15, 0.2) is 24.3 Å². The number of hydrogen-bond acceptors (Lipinski definition) is 4. The average molecular weight is 344 g/mol. The number of para-hydroxylation sites is 1. The van der Waals surface area contributed by atoms with E-state index in [-0.39, 0.29) is 17.7 Å². The molecule has 126 valence electrons. The molecule has 2 aliphatic rings. The Hall–Kier alpha value is -2.15. The van der Waals surface area contributed by atoms with Crippen molar-refractivity contribution >= 4 is 18.1 Å². The highest BCUT2D eigenvalue weighted by Gasteiger charge is 2.45. The summed E-state index contributed by atoms with van der Waals surface area (Å²) in [4.78, 5) is 12.4. The van der Waals surface area contributed by atoms with Gasteiger partial charge in [-0.3, -0.25) is 14.5 Å². The quantitative estimate of drug-likeness (QED) is 0.791. The summed E-state index contributed by atoms with van der Waals surface area (Å²) in [7, 11) is 1.66. The van der Waals surface area contributed by atoms with Gasteiger partial charge in [-0.05, 0) is 49.0 Å². The normalized spacial score (nSPS) is 22.2. The van der Waals surface area contributed by atoms with Crippen LogP contribution in [0.4, 0.5) is 0 Å². The molecule has 0 saturated heterocycles. The molecule has 2 atom stereocenters. The second-order valence-electron chi connectivity index (χ2n) is 6.45. The maximum atomic E-state index is 12.4. The lowest BCUT2D eigenvalue weighted by atomic mass is 10.1. The molecule has 0 aliphatic heterocycles. The third-order valence-corrected chi connectivity index (χ3v) is 5.06. The first-order valence-corrected chi connectivity index (χ1v) is 8.66. The van der Waals surface area contributed by atoms with Crippen molar-refractivity contribution in [1.29, 1.82) is 0 Å². The molecule has 0 bridgehead atoms. The van der Waals surface area contributed by atoms with E-state index in [0.29, 0.717) is 17.4 Å². The molecule has 1 amide bonds. The first-order chi connectivity index (χ1) is 11.7. The van der Waals surface area contributed by atoms with Gasteiger partial charge in [0, 0.05) is 12.0 Å². The Balaban J connectivity index is 1.39. The molecule has 2 aliphatic carbocycles. The Kier molecular flexibility index (Phi) is 3.88. The number of H-pyrrole nitrogens is 1. The molecule has 0 spiro atoms. The van der Waals surface area contributed by atoms with Crippen LogP contribution >= 0.6 is 12.2 Å². The van der Waals surface area contributed by atoms with Gasteiger partial charge < -0.3 is 10.1 Å². The van der Waals surface area contributed by atoms with Gasteiger partial charge in [0.15, 0.2) is 10.6 Å². The minimum absolute atomic E-state index is 0.0117.